The summed E-state index contributed by atoms with van der Waals surface area (Å²) >= 11 is 1.46. The third-order valence-corrected chi connectivity index (χ3v) is 4.63. The molecule has 2 aromatic carbocycles. The number of carbonyl (C=O) groups is 1. The van der Waals surface area contributed by atoms with Crippen molar-refractivity contribution >= 4 is 17.3 Å². The molecular weight excluding hydrogens is 334 g/mol. The molecule has 0 bridgehead atoms. The number of carboxylic acid groups (broad SMARTS) is 1. The minimum Gasteiger partial charge on any atom is -0.489 e. The monoisotopic (exact) mass is 353 g/mol. The lowest BCUT2D eigenvalue weighted by molar-refractivity contribution is -0.136. The number of aryl methyl sites for hydroxylation is 2. The van der Waals surface area contributed by atoms with Crippen LogP contribution in [-0.4, -0.2) is 16.1 Å². The van der Waals surface area contributed by atoms with Gasteiger partial charge in [-0.1, -0.05) is 30.3 Å². The lowest BCUT2D eigenvalue weighted by atomic mass is 10.1. The Kier molecular flexibility index (Phi) is 5.14. The van der Waals surface area contributed by atoms with Crippen LogP contribution in [0.2, 0.25) is 0 Å². The van der Waals surface area contributed by atoms with Gasteiger partial charge in [-0.15, -0.1) is 11.3 Å². The van der Waals surface area contributed by atoms with Gasteiger partial charge in [0.25, 0.3) is 0 Å². The van der Waals surface area contributed by atoms with E-state index in [9.17, 15) is 4.79 Å². The van der Waals surface area contributed by atoms with E-state index in [1.54, 1.807) is 5.38 Å². The summed E-state index contributed by atoms with van der Waals surface area (Å²) in [5.41, 5.74) is 5.02. The molecule has 0 aliphatic carbocycles. The quantitative estimate of drug-likeness (QED) is 0.702. The van der Waals surface area contributed by atoms with Gasteiger partial charge in [0.1, 0.15) is 17.4 Å². The number of benzene rings is 2. The molecule has 0 aliphatic heterocycles. The Labute approximate surface area is 150 Å². The van der Waals surface area contributed by atoms with Crippen LogP contribution >= 0.6 is 11.3 Å². The molecule has 128 valence electrons. The van der Waals surface area contributed by atoms with E-state index in [-0.39, 0.29) is 6.42 Å². The van der Waals surface area contributed by atoms with Gasteiger partial charge in [-0.25, -0.2) is 4.98 Å². The molecule has 0 spiro atoms. The summed E-state index contributed by atoms with van der Waals surface area (Å²) in [5, 5.41) is 11.4. The Morgan fingerprint density at radius 3 is 2.44 bits per heavy atom. The second kappa shape index (κ2) is 7.49. The number of rotatable bonds is 6. The number of carboxylic acids is 1. The Bertz CT molecular complexity index is 864. The molecule has 0 saturated carbocycles. The zero-order valence-corrected chi connectivity index (χ0v) is 15.0. The van der Waals surface area contributed by atoms with Crippen LogP contribution in [0.3, 0.4) is 0 Å². The van der Waals surface area contributed by atoms with Crippen molar-refractivity contribution in [3.05, 3.63) is 70.2 Å². The first-order valence-corrected chi connectivity index (χ1v) is 8.84. The van der Waals surface area contributed by atoms with E-state index >= 15 is 0 Å². The molecule has 4 nitrogen and oxygen atoms in total. The van der Waals surface area contributed by atoms with Crippen LogP contribution in [0.15, 0.2) is 47.8 Å². The van der Waals surface area contributed by atoms with Crippen molar-refractivity contribution in [2.75, 3.05) is 0 Å². The Balaban J connectivity index is 1.65. The fourth-order valence-electron chi connectivity index (χ4n) is 2.60. The maximum atomic E-state index is 10.7. The fourth-order valence-corrected chi connectivity index (χ4v) is 3.43. The van der Waals surface area contributed by atoms with Gasteiger partial charge in [0.05, 0.1) is 12.1 Å². The summed E-state index contributed by atoms with van der Waals surface area (Å²) in [7, 11) is 0. The van der Waals surface area contributed by atoms with E-state index in [0.29, 0.717) is 12.3 Å². The second-order valence-electron chi connectivity index (χ2n) is 6.02. The molecule has 0 aliphatic rings. The summed E-state index contributed by atoms with van der Waals surface area (Å²) in [6.07, 6.45) is -0.0433. The van der Waals surface area contributed by atoms with Crippen molar-refractivity contribution < 1.29 is 14.6 Å². The van der Waals surface area contributed by atoms with E-state index in [1.807, 2.05) is 36.4 Å². The highest BCUT2D eigenvalue weighted by Crippen LogP contribution is 2.25. The molecule has 0 fully saturated rings. The largest absolute Gasteiger partial charge is 0.489 e. The first-order chi connectivity index (χ1) is 12.0. The first-order valence-electron chi connectivity index (χ1n) is 7.96. The van der Waals surface area contributed by atoms with Gasteiger partial charge < -0.3 is 9.84 Å². The molecule has 1 N–H and O–H groups in total. The zero-order chi connectivity index (χ0) is 17.8. The van der Waals surface area contributed by atoms with Crippen molar-refractivity contribution in [2.24, 2.45) is 0 Å². The lowest BCUT2D eigenvalue weighted by Gasteiger charge is -2.08. The molecule has 0 amide bonds. The normalized spacial score (nSPS) is 10.6. The van der Waals surface area contributed by atoms with Crippen LogP contribution in [0.5, 0.6) is 5.75 Å². The van der Waals surface area contributed by atoms with Crippen LogP contribution in [0, 0.1) is 13.8 Å². The van der Waals surface area contributed by atoms with Crippen LogP contribution in [0.25, 0.3) is 10.6 Å². The molecule has 5 heteroatoms. The summed E-state index contributed by atoms with van der Waals surface area (Å²) in [6.45, 7) is 4.62. The van der Waals surface area contributed by atoms with Crippen molar-refractivity contribution in [1.82, 2.24) is 4.98 Å². The number of aliphatic carboxylic acids is 1. The number of nitrogens with zero attached hydrogens (tertiary/aromatic N) is 1. The Morgan fingerprint density at radius 1 is 1.12 bits per heavy atom. The Morgan fingerprint density at radius 2 is 1.80 bits per heavy atom. The number of hydrogen-bond acceptors (Lipinski definition) is 4. The highest BCUT2D eigenvalue weighted by molar-refractivity contribution is 7.13. The molecule has 0 radical (unpaired) electrons. The molecule has 1 aromatic heterocycles. The standard InChI is InChI=1S/C20H19NO3S/c1-13-7-14(2)9-18(8-13)24-11-15-3-5-16(6-4-15)20-21-17(12-25-20)10-19(22)23/h3-9,12H,10-11H2,1-2H3,(H,22,23). The number of thiazole rings is 1. The molecule has 25 heavy (non-hydrogen) atoms. The van der Waals surface area contributed by atoms with Gasteiger partial charge >= 0.3 is 5.97 Å². The van der Waals surface area contributed by atoms with Gasteiger partial charge in [-0.3, -0.25) is 4.79 Å². The molecule has 3 aromatic rings. The lowest BCUT2D eigenvalue weighted by Crippen LogP contribution is -1.99. The average Bonchev–Trinajstić information content (AvgIpc) is 3.00. The number of hydrogen-bond donors (Lipinski definition) is 1. The van der Waals surface area contributed by atoms with Gasteiger partial charge in [0, 0.05) is 10.9 Å². The van der Waals surface area contributed by atoms with Crippen LogP contribution in [-0.2, 0) is 17.8 Å². The van der Waals surface area contributed by atoms with Crippen molar-refractivity contribution in [3.63, 3.8) is 0 Å². The van der Waals surface area contributed by atoms with E-state index in [1.165, 1.54) is 22.5 Å². The summed E-state index contributed by atoms with van der Waals surface area (Å²) < 4.78 is 5.87. The highest BCUT2D eigenvalue weighted by atomic mass is 32.1. The predicted molar refractivity (Wildman–Crippen MR) is 99.1 cm³/mol. The summed E-state index contributed by atoms with van der Waals surface area (Å²) in [4.78, 5) is 15.1. The smallest absolute Gasteiger partial charge is 0.309 e. The fraction of sp³-hybridized carbons (Fsp3) is 0.200. The zero-order valence-electron chi connectivity index (χ0n) is 14.2. The van der Waals surface area contributed by atoms with Gasteiger partial charge in [-0.05, 0) is 42.7 Å². The van der Waals surface area contributed by atoms with Crippen molar-refractivity contribution in [3.8, 4) is 16.3 Å². The van der Waals surface area contributed by atoms with Crippen LogP contribution < -0.4 is 4.74 Å². The average molecular weight is 353 g/mol. The minimum absolute atomic E-state index is 0.0433. The second-order valence-corrected chi connectivity index (χ2v) is 6.88. The SMILES string of the molecule is Cc1cc(C)cc(OCc2ccc(-c3nc(CC(=O)O)cs3)cc2)c1. The van der Waals surface area contributed by atoms with Gasteiger partial charge in [0.15, 0.2) is 0 Å². The van der Waals surface area contributed by atoms with E-state index < -0.39 is 5.97 Å². The number of aromatic nitrogens is 1. The first kappa shape index (κ1) is 17.2. The van der Waals surface area contributed by atoms with E-state index in [2.05, 4.69) is 24.9 Å². The van der Waals surface area contributed by atoms with Crippen LogP contribution in [0.4, 0.5) is 0 Å². The molecule has 1 heterocycles. The molecule has 3 rings (SSSR count). The topological polar surface area (TPSA) is 59.4 Å². The van der Waals surface area contributed by atoms with Crippen molar-refractivity contribution in [1.29, 1.82) is 0 Å². The van der Waals surface area contributed by atoms with E-state index in [0.717, 1.165) is 21.9 Å². The third kappa shape index (κ3) is 4.67. The molecular formula is C20H19NO3S. The van der Waals surface area contributed by atoms with Gasteiger partial charge in [-0.2, -0.15) is 0 Å². The summed E-state index contributed by atoms with van der Waals surface area (Å²) in [5.74, 6) is 0.00976. The molecule has 0 saturated heterocycles. The predicted octanol–water partition coefficient (Wildman–Crippen LogP) is 4.63. The molecule has 0 atom stereocenters. The highest BCUT2D eigenvalue weighted by Gasteiger charge is 2.08. The third-order valence-electron chi connectivity index (χ3n) is 3.69. The van der Waals surface area contributed by atoms with E-state index in [4.69, 9.17) is 9.84 Å². The van der Waals surface area contributed by atoms with Crippen LogP contribution in [0.1, 0.15) is 22.4 Å². The number of ether oxygens (including phenoxy) is 1. The summed E-state index contributed by atoms with van der Waals surface area (Å²) in [6, 6.07) is 14.2. The minimum atomic E-state index is -0.865. The maximum Gasteiger partial charge on any atom is 0.309 e. The van der Waals surface area contributed by atoms with Crippen molar-refractivity contribution in [2.45, 2.75) is 26.9 Å². The van der Waals surface area contributed by atoms with Gasteiger partial charge in [0.2, 0.25) is 0 Å². The maximum absolute atomic E-state index is 10.7. The Hall–Kier alpha value is -2.66. The molecule has 0 unspecified atom stereocenters.